The van der Waals surface area contributed by atoms with Crippen LogP contribution in [0.1, 0.15) is 39.1 Å². The Morgan fingerprint density at radius 1 is 1.04 bits per heavy atom. The molecule has 5 nitrogen and oxygen atoms in total. The van der Waals surface area contributed by atoms with Gasteiger partial charge in [-0.1, -0.05) is 49.3 Å². The van der Waals surface area contributed by atoms with E-state index in [1.165, 1.54) is 13.0 Å². The molecule has 2 aromatic rings. The van der Waals surface area contributed by atoms with Crippen LogP contribution in [-0.4, -0.2) is 52.7 Å². The summed E-state index contributed by atoms with van der Waals surface area (Å²) in [6, 6.07) is 10.2. The third kappa shape index (κ3) is 4.22. The standard InChI is InChI=1S/C19H28N4O/c1-15(2)9-10-22-11-13-23(14-12-22)16(3)19-20-18(21-24-19)17-7-5-4-6-8-17/h4-8,15-16H,9-14H2,1-3H3/t16-/m0/s1. The minimum atomic E-state index is 0.169. The van der Waals surface area contributed by atoms with Crippen LogP contribution in [0.15, 0.2) is 34.9 Å². The van der Waals surface area contributed by atoms with Crippen molar-refractivity contribution in [1.29, 1.82) is 0 Å². The Hall–Kier alpha value is -1.72. The molecule has 1 fully saturated rings. The van der Waals surface area contributed by atoms with Gasteiger partial charge in [-0.25, -0.2) is 0 Å². The predicted octanol–water partition coefficient (Wildman–Crippen LogP) is 3.46. The number of hydrogen-bond acceptors (Lipinski definition) is 5. The van der Waals surface area contributed by atoms with E-state index in [2.05, 4.69) is 40.7 Å². The monoisotopic (exact) mass is 328 g/mol. The molecule has 24 heavy (non-hydrogen) atoms. The molecule has 0 radical (unpaired) electrons. The van der Waals surface area contributed by atoms with Gasteiger partial charge in [0, 0.05) is 31.7 Å². The summed E-state index contributed by atoms with van der Waals surface area (Å²) < 4.78 is 5.52. The number of piperazine rings is 1. The molecule has 1 saturated heterocycles. The molecule has 5 heteroatoms. The van der Waals surface area contributed by atoms with Gasteiger partial charge >= 0.3 is 0 Å². The van der Waals surface area contributed by atoms with E-state index >= 15 is 0 Å². The molecule has 0 aliphatic carbocycles. The lowest BCUT2D eigenvalue weighted by Gasteiger charge is -2.37. The summed E-state index contributed by atoms with van der Waals surface area (Å²) in [5.74, 6) is 2.16. The summed E-state index contributed by atoms with van der Waals surface area (Å²) in [5, 5.41) is 4.14. The summed E-state index contributed by atoms with van der Waals surface area (Å²) in [4.78, 5) is 9.60. The maximum atomic E-state index is 5.52. The number of benzene rings is 1. The van der Waals surface area contributed by atoms with Crippen molar-refractivity contribution in [2.75, 3.05) is 32.7 Å². The lowest BCUT2D eigenvalue weighted by molar-refractivity contribution is 0.0858. The molecule has 1 aliphatic rings. The zero-order valence-corrected chi connectivity index (χ0v) is 15.0. The van der Waals surface area contributed by atoms with Crippen LogP contribution in [0, 0.1) is 5.92 Å². The fraction of sp³-hybridized carbons (Fsp3) is 0.579. The number of aromatic nitrogens is 2. The largest absolute Gasteiger partial charge is 0.337 e. The van der Waals surface area contributed by atoms with Crippen LogP contribution in [-0.2, 0) is 0 Å². The summed E-state index contributed by atoms with van der Waals surface area (Å²) in [5.41, 5.74) is 0.998. The summed E-state index contributed by atoms with van der Waals surface area (Å²) >= 11 is 0. The number of hydrogen-bond donors (Lipinski definition) is 0. The third-order valence-electron chi connectivity index (χ3n) is 4.81. The topological polar surface area (TPSA) is 45.4 Å². The smallest absolute Gasteiger partial charge is 0.244 e. The van der Waals surface area contributed by atoms with Crippen molar-refractivity contribution in [3.05, 3.63) is 36.2 Å². The van der Waals surface area contributed by atoms with Crippen LogP contribution in [0.25, 0.3) is 11.4 Å². The van der Waals surface area contributed by atoms with Gasteiger partial charge in [-0.05, 0) is 25.8 Å². The molecule has 1 atom stereocenters. The van der Waals surface area contributed by atoms with Crippen LogP contribution < -0.4 is 0 Å². The van der Waals surface area contributed by atoms with E-state index in [0.717, 1.165) is 37.7 Å². The zero-order chi connectivity index (χ0) is 16.9. The highest BCUT2D eigenvalue weighted by Crippen LogP contribution is 2.23. The molecule has 0 saturated carbocycles. The summed E-state index contributed by atoms with van der Waals surface area (Å²) in [6.07, 6.45) is 1.28. The first-order valence-electron chi connectivity index (χ1n) is 8.99. The molecule has 0 unspecified atom stereocenters. The normalized spacial score (nSPS) is 18.2. The van der Waals surface area contributed by atoms with Crippen molar-refractivity contribution in [2.24, 2.45) is 5.92 Å². The Morgan fingerprint density at radius 2 is 1.75 bits per heavy atom. The molecule has 0 N–H and O–H groups in total. The molecule has 0 amide bonds. The fourth-order valence-corrected chi connectivity index (χ4v) is 3.08. The van der Waals surface area contributed by atoms with E-state index in [4.69, 9.17) is 4.52 Å². The highest BCUT2D eigenvalue weighted by Gasteiger charge is 2.25. The summed E-state index contributed by atoms with van der Waals surface area (Å²) in [6.45, 7) is 12.3. The molecular formula is C19H28N4O. The lowest BCUT2D eigenvalue weighted by Crippen LogP contribution is -2.47. The molecule has 1 aromatic heterocycles. The van der Waals surface area contributed by atoms with E-state index < -0.39 is 0 Å². The molecule has 0 bridgehead atoms. The second-order valence-electron chi connectivity index (χ2n) is 7.06. The zero-order valence-electron chi connectivity index (χ0n) is 15.0. The van der Waals surface area contributed by atoms with Gasteiger partial charge in [0.15, 0.2) is 0 Å². The first-order valence-corrected chi connectivity index (χ1v) is 8.99. The van der Waals surface area contributed by atoms with Crippen LogP contribution in [0.4, 0.5) is 0 Å². The third-order valence-corrected chi connectivity index (χ3v) is 4.81. The van der Waals surface area contributed by atoms with Crippen LogP contribution in [0.3, 0.4) is 0 Å². The SMILES string of the molecule is CC(C)CCN1CCN([C@@H](C)c2nc(-c3ccccc3)no2)CC1. The van der Waals surface area contributed by atoms with Crippen LogP contribution in [0.5, 0.6) is 0 Å². The van der Waals surface area contributed by atoms with Gasteiger partial charge in [-0.2, -0.15) is 4.98 Å². The highest BCUT2D eigenvalue weighted by atomic mass is 16.5. The van der Waals surface area contributed by atoms with Gasteiger partial charge in [0.25, 0.3) is 0 Å². The van der Waals surface area contributed by atoms with Crippen molar-refractivity contribution in [3.63, 3.8) is 0 Å². The van der Waals surface area contributed by atoms with Gasteiger partial charge in [0.1, 0.15) is 0 Å². The molecule has 1 aromatic carbocycles. The van der Waals surface area contributed by atoms with Gasteiger partial charge in [-0.3, -0.25) is 4.90 Å². The molecule has 2 heterocycles. The first kappa shape index (κ1) is 17.1. The number of nitrogens with zero attached hydrogens (tertiary/aromatic N) is 4. The average molecular weight is 328 g/mol. The van der Waals surface area contributed by atoms with Crippen molar-refractivity contribution >= 4 is 0 Å². The lowest BCUT2D eigenvalue weighted by atomic mass is 10.1. The van der Waals surface area contributed by atoms with Crippen molar-refractivity contribution in [2.45, 2.75) is 33.2 Å². The van der Waals surface area contributed by atoms with Crippen molar-refractivity contribution in [3.8, 4) is 11.4 Å². The Bertz CT molecular complexity index is 617. The second-order valence-corrected chi connectivity index (χ2v) is 7.06. The molecule has 130 valence electrons. The Labute approximate surface area is 144 Å². The maximum absolute atomic E-state index is 5.52. The van der Waals surface area contributed by atoms with Crippen LogP contribution >= 0.6 is 0 Å². The van der Waals surface area contributed by atoms with Gasteiger partial charge in [0.2, 0.25) is 11.7 Å². The quantitative estimate of drug-likeness (QED) is 0.812. The molecule has 3 rings (SSSR count). The Balaban J connectivity index is 1.56. The molecular weight excluding hydrogens is 300 g/mol. The number of rotatable bonds is 6. The van der Waals surface area contributed by atoms with E-state index in [0.29, 0.717) is 11.7 Å². The van der Waals surface area contributed by atoms with Crippen LogP contribution in [0.2, 0.25) is 0 Å². The molecule has 1 aliphatic heterocycles. The highest BCUT2D eigenvalue weighted by molar-refractivity contribution is 5.53. The Kier molecular flexibility index (Phi) is 5.63. The maximum Gasteiger partial charge on any atom is 0.244 e. The molecule has 0 spiro atoms. The summed E-state index contributed by atoms with van der Waals surface area (Å²) in [7, 11) is 0. The van der Waals surface area contributed by atoms with E-state index in [-0.39, 0.29) is 6.04 Å². The van der Waals surface area contributed by atoms with Gasteiger partial charge < -0.3 is 9.42 Å². The minimum absolute atomic E-state index is 0.169. The van der Waals surface area contributed by atoms with Crippen molar-refractivity contribution < 1.29 is 4.52 Å². The Morgan fingerprint density at radius 3 is 2.42 bits per heavy atom. The van der Waals surface area contributed by atoms with Crippen molar-refractivity contribution in [1.82, 2.24) is 19.9 Å². The first-order chi connectivity index (χ1) is 11.6. The average Bonchev–Trinajstić information content (AvgIpc) is 3.10. The minimum Gasteiger partial charge on any atom is -0.337 e. The van der Waals surface area contributed by atoms with Gasteiger partial charge in [-0.15, -0.1) is 0 Å². The predicted molar refractivity (Wildman–Crippen MR) is 95.6 cm³/mol. The van der Waals surface area contributed by atoms with E-state index in [9.17, 15) is 0 Å². The second kappa shape index (κ2) is 7.90. The van der Waals surface area contributed by atoms with E-state index in [1.54, 1.807) is 0 Å². The van der Waals surface area contributed by atoms with E-state index in [1.807, 2.05) is 30.3 Å². The fourth-order valence-electron chi connectivity index (χ4n) is 3.08. The van der Waals surface area contributed by atoms with Gasteiger partial charge in [0.05, 0.1) is 6.04 Å².